The summed E-state index contributed by atoms with van der Waals surface area (Å²) in [6.07, 6.45) is 4.91. The summed E-state index contributed by atoms with van der Waals surface area (Å²) < 4.78 is 1.90. The van der Waals surface area contributed by atoms with Gasteiger partial charge >= 0.3 is 0 Å². The number of hydrogen-bond donors (Lipinski definition) is 2. The van der Waals surface area contributed by atoms with Crippen molar-refractivity contribution in [1.29, 1.82) is 0 Å². The van der Waals surface area contributed by atoms with Crippen LogP contribution in [-0.4, -0.2) is 33.5 Å². The van der Waals surface area contributed by atoms with Crippen molar-refractivity contribution >= 4 is 33.1 Å². The third-order valence-electron chi connectivity index (χ3n) is 3.53. The molecular formula is C16H17N5O2S. The molecule has 0 fully saturated rings. The summed E-state index contributed by atoms with van der Waals surface area (Å²) >= 11 is 1.33. The normalized spacial score (nSPS) is 10.7. The summed E-state index contributed by atoms with van der Waals surface area (Å²) in [5, 5.41) is 7.83. The number of nitrogens with zero attached hydrogens (tertiary/aromatic N) is 3. The number of aryl methyl sites for hydroxylation is 1. The number of nitrogens with one attached hydrogen (secondary N) is 2. The van der Waals surface area contributed by atoms with E-state index in [0.29, 0.717) is 23.3 Å². The predicted octanol–water partition coefficient (Wildman–Crippen LogP) is 1.39. The van der Waals surface area contributed by atoms with Gasteiger partial charge in [0.25, 0.3) is 5.56 Å². The van der Waals surface area contributed by atoms with Gasteiger partial charge in [-0.25, -0.2) is 4.98 Å². The number of rotatable bonds is 6. The van der Waals surface area contributed by atoms with Gasteiger partial charge in [-0.15, -0.1) is 11.3 Å². The molecule has 7 nitrogen and oxygen atoms in total. The topological polar surface area (TPSA) is 88.9 Å². The van der Waals surface area contributed by atoms with Gasteiger partial charge in [-0.1, -0.05) is 0 Å². The van der Waals surface area contributed by atoms with Gasteiger partial charge in [0.15, 0.2) is 0 Å². The fourth-order valence-corrected chi connectivity index (χ4v) is 3.07. The molecule has 3 aromatic heterocycles. The highest BCUT2D eigenvalue weighted by molar-refractivity contribution is 7.17. The number of anilines is 1. The number of thiophene rings is 1. The Morgan fingerprint density at radius 2 is 2.21 bits per heavy atom. The Bertz CT molecular complexity index is 918. The molecule has 2 N–H and O–H groups in total. The number of hydrogen-bond acceptors (Lipinski definition) is 6. The average Bonchev–Trinajstić information content (AvgIpc) is 3.05. The maximum Gasteiger partial charge on any atom is 0.271 e. The smallest absolute Gasteiger partial charge is 0.271 e. The molecule has 3 heterocycles. The summed E-state index contributed by atoms with van der Waals surface area (Å²) in [4.78, 5) is 32.4. The molecule has 124 valence electrons. The molecule has 0 aliphatic carbocycles. The minimum absolute atomic E-state index is 0.0338. The third-order valence-corrected chi connectivity index (χ3v) is 4.42. The Labute approximate surface area is 142 Å². The van der Waals surface area contributed by atoms with E-state index >= 15 is 0 Å². The molecule has 0 aliphatic rings. The van der Waals surface area contributed by atoms with Crippen molar-refractivity contribution in [2.45, 2.75) is 13.5 Å². The summed E-state index contributed by atoms with van der Waals surface area (Å²) in [6, 6.07) is 3.68. The van der Waals surface area contributed by atoms with E-state index in [2.05, 4.69) is 20.6 Å². The van der Waals surface area contributed by atoms with Crippen LogP contribution in [0.1, 0.15) is 5.56 Å². The highest BCUT2D eigenvalue weighted by atomic mass is 32.1. The van der Waals surface area contributed by atoms with Gasteiger partial charge in [0.05, 0.1) is 11.8 Å². The third kappa shape index (κ3) is 3.60. The molecule has 0 bridgehead atoms. The van der Waals surface area contributed by atoms with Gasteiger partial charge in [0.2, 0.25) is 5.91 Å². The minimum Gasteiger partial charge on any atom is -0.383 e. The lowest BCUT2D eigenvalue weighted by Gasteiger charge is -2.10. The molecular weight excluding hydrogens is 326 g/mol. The second kappa shape index (κ2) is 7.22. The standard InChI is InChI=1S/C16H17N5O2S/c1-11-8-17-4-2-12(11)18-5-6-19-14(22)9-21-10-20-13-3-7-24-15(13)16(21)23/h2-4,7-8,10H,5-6,9H2,1H3,(H,17,18)(H,19,22). The van der Waals surface area contributed by atoms with Crippen molar-refractivity contribution in [3.05, 3.63) is 52.2 Å². The van der Waals surface area contributed by atoms with E-state index in [-0.39, 0.29) is 18.0 Å². The fraction of sp³-hybridized carbons (Fsp3) is 0.250. The quantitative estimate of drug-likeness (QED) is 0.660. The number of amides is 1. The van der Waals surface area contributed by atoms with Crippen LogP contribution in [0.25, 0.3) is 10.2 Å². The second-order valence-corrected chi connectivity index (χ2v) is 6.20. The molecule has 0 saturated heterocycles. The number of carbonyl (C=O) groups is 1. The van der Waals surface area contributed by atoms with E-state index in [1.807, 2.05) is 18.4 Å². The van der Waals surface area contributed by atoms with E-state index in [1.54, 1.807) is 18.5 Å². The first-order chi connectivity index (χ1) is 11.6. The van der Waals surface area contributed by atoms with Crippen molar-refractivity contribution < 1.29 is 4.79 Å². The van der Waals surface area contributed by atoms with Crippen LogP contribution < -0.4 is 16.2 Å². The number of pyridine rings is 1. The molecule has 8 heteroatoms. The number of fused-ring (bicyclic) bond motifs is 1. The van der Waals surface area contributed by atoms with Gasteiger partial charge in [0.1, 0.15) is 11.2 Å². The van der Waals surface area contributed by atoms with Crippen molar-refractivity contribution in [1.82, 2.24) is 19.9 Å². The minimum atomic E-state index is -0.219. The van der Waals surface area contributed by atoms with Crippen molar-refractivity contribution in [3.8, 4) is 0 Å². The lowest BCUT2D eigenvalue weighted by molar-refractivity contribution is -0.121. The Balaban J connectivity index is 1.51. The van der Waals surface area contributed by atoms with Crippen molar-refractivity contribution in [2.75, 3.05) is 18.4 Å². The van der Waals surface area contributed by atoms with Crippen molar-refractivity contribution in [3.63, 3.8) is 0 Å². The van der Waals surface area contributed by atoms with Crippen LogP contribution in [0.15, 0.2) is 41.0 Å². The Hall–Kier alpha value is -2.74. The zero-order chi connectivity index (χ0) is 16.9. The van der Waals surface area contributed by atoms with Crippen LogP contribution in [0.3, 0.4) is 0 Å². The van der Waals surface area contributed by atoms with Crippen molar-refractivity contribution in [2.24, 2.45) is 0 Å². The molecule has 1 amide bonds. The van der Waals surface area contributed by atoms with Crippen LogP contribution >= 0.6 is 11.3 Å². The SMILES string of the molecule is Cc1cnccc1NCCNC(=O)Cn1cnc2ccsc2c1=O. The zero-order valence-corrected chi connectivity index (χ0v) is 14.0. The van der Waals surface area contributed by atoms with Crippen LogP contribution in [0.5, 0.6) is 0 Å². The zero-order valence-electron chi connectivity index (χ0n) is 13.2. The summed E-state index contributed by atoms with van der Waals surface area (Å²) in [6.45, 7) is 2.99. The van der Waals surface area contributed by atoms with Gasteiger partial charge in [0, 0.05) is 31.2 Å². The Kier molecular flexibility index (Phi) is 4.85. The second-order valence-electron chi connectivity index (χ2n) is 5.28. The highest BCUT2D eigenvalue weighted by Crippen LogP contribution is 2.13. The first-order valence-corrected chi connectivity index (χ1v) is 8.37. The van der Waals surface area contributed by atoms with E-state index in [4.69, 9.17) is 0 Å². The molecule has 0 aliphatic heterocycles. The molecule has 0 atom stereocenters. The largest absolute Gasteiger partial charge is 0.383 e. The lowest BCUT2D eigenvalue weighted by atomic mass is 10.2. The van der Waals surface area contributed by atoms with Crippen LogP contribution in [0.2, 0.25) is 0 Å². The summed E-state index contributed by atoms with van der Waals surface area (Å²) in [5.41, 5.74) is 2.52. The monoisotopic (exact) mass is 343 g/mol. The van der Waals surface area contributed by atoms with E-state index in [9.17, 15) is 9.59 Å². The molecule has 24 heavy (non-hydrogen) atoms. The Morgan fingerprint density at radius 3 is 3.04 bits per heavy atom. The molecule has 0 saturated carbocycles. The Morgan fingerprint density at radius 1 is 1.33 bits per heavy atom. The van der Waals surface area contributed by atoms with Gasteiger partial charge in [-0.2, -0.15) is 0 Å². The first-order valence-electron chi connectivity index (χ1n) is 7.49. The predicted molar refractivity (Wildman–Crippen MR) is 94.4 cm³/mol. The summed E-state index contributed by atoms with van der Waals surface area (Å²) in [7, 11) is 0. The first kappa shape index (κ1) is 16.1. The van der Waals surface area contributed by atoms with E-state index < -0.39 is 0 Å². The lowest BCUT2D eigenvalue weighted by Crippen LogP contribution is -2.34. The van der Waals surface area contributed by atoms with Crippen LogP contribution in [-0.2, 0) is 11.3 Å². The maximum absolute atomic E-state index is 12.2. The molecule has 0 aromatic carbocycles. The number of carbonyl (C=O) groups excluding carboxylic acids is 1. The highest BCUT2D eigenvalue weighted by Gasteiger charge is 2.08. The molecule has 0 unspecified atom stereocenters. The van der Waals surface area contributed by atoms with E-state index in [0.717, 1.165) is 11.3 Å². The van der Waals surface area contributed by atoms with Gasteiger partial charge in [-0.05, 0) is 30.0 Å². The van der Waals surface area contributed by atoms with Gasteiger partial charge in [-0.3, -0.25) is 19.1 Å². The molecule has 3 rings (SSSR count). The van der Waals surface area contributed by atoms with Crippen LogP contribution in [0, 0.1) is 6.92 Å². The van der Waals surface area contributed by atoms with E-state index in [1.165, 1.54) is 22.2 Å². The maximum atomic E-state index is 12.2. The summed E-state index contributed by atoms with van der Waals surface area (Å²) in [5.74, 6) is -0.219. The van der Waals surface area contributed by atoms with Crippen LogP contribution in [0.4, 0.5) is 5.69 Å². The fourth-order valence-electron chi connectivity index (χ4n) is 2.27. The molecule has 0 radical (unpaired) electrons. The molecule has 3 aromatic rings. The molecule has 0 spiro atoms. The van der Waals surface area contributed by atoms with Gasteiger partial charge < -0.3 is 10.6 Å². The average molecular weight is 343 g/mol. The number of aromatic nitrogens is 3.